The smallest absolute Gasteiger partial charge is 0.0178 e. The third kappa shape index (κ3) is 2.03. The Morgan fingerprint density at radius 3 is 1.82 bits per heavy atom. The molecular formula is C9H14N2. The summed E-state index contributed by atoms with van der Waals surface area (Å²) in [5.74, 6) is 0. The van der Waals surface area contributed by atoms with Crippen molar-refractivity contribution in [3.8, 4) is 0 Å². The van der Waals surface area contributed by atoms with E-state index in [1.54, 1.807) is 0 Å². The minimum absolute atomic E-state index is 0.592. The van der Waals surface area contributed by atoms with Crippen molar-refractivity contribution in [1.29, 1.82) is 0 Å². The van der Waals surface area contributed by atoms with Crippen molar-refractivity contribution in [3.63, 3.8) is 0 Å². The molecule has 0 aliphatic rings. The van der Waals surface area contributed by atoms with Crippen LogP contribution in [0.5, 0.6) is 0 Å². The Bertz CT molecular complexity index is 221. The molecule has 2 nitrogen and oxygen atoms in total. The molecule has 1 rings (SSSR count). The van der Waals surface area contributed by atoms with Gasteiger partial charge in [-0.2, -0.15) is 0 Å². The lowest BCUT2D eigenvalue weighted by atomic mass is 10.1. The molecule has 11 heavy (non-hydrogen) atoms. The van der Waals surface area contributed by atoms with Gasteiger partial charge in [-0.05, 0) is 18.1 Å². The highest BCUT2D eigenvalue weighted by Crippen LogP contribution is 2.08. The quantitative estimate of drug-likeness (QED) is 0.658. The first kappa shape index (κ1) is 8.24. The van der Waals surface area contributed by atoms with Gasteiger partial charge in [0.25, 0.3) is 0 Å². The molecule has 0 heterocycles. The Morgan fingerprint density at radius 2 is 1.45 bits per heavy atom. The molecule has 0 atom stereocenters. The van der Waals surface area contributed by atoms with E-state index < -0.39 is 0 Å². The summed E-state index contributed by atoms with van der Waals surface area (Å²) in [6.45, 7) is 3.24. The molecule has 4 N–H and O–H groups in total. The van der Waals surface area contributed by atoms with E-state index in [0.717, 1.165) is 11.1 Å². The highest BCUT2D eigenvalue weighted by atomic mass is 14.5. The summed E-state index contributed by atoms with van der Waals surface area (Å²) >= 11 is 0. The van der Waals surface area contributed by atoms with Crippen molar-refractivity contribution in [2.24, 2.45) is 11.5 Å². The van der Waals surface area contributed by atoms with Gasteiger partial charge in [0.2, 0.25) is 0 Å². The van der Waals surface area contributed by atoms with Crippen LogP contribution in [0.2, 0.25) is 0 Å². The first-order valence-electron chi connectivity index (χ1n) is 3.76. The molecule has 0 fully saturated rings. The molecule has 60 valence electrons. The molecule has 0 saturated carbocycles. The first-order chi connectivity index (χ1) is 5.26. The van der Waals surface area contributed by atoms with Crippen molar-refractivity contribution >= 4 is 0 Å². The fourth-order valence-electron chi connectivity index (χ4n) is 1.18. The minimum Gasteiger partial charge on any atom is -0.326 e. The van der Waals surface area contributed by atoms with Crippen LogP contribution in [-0.2, 0) is 13.1 Å². The maximum atomic E-state index is 5.50. The first-order valence-corrected chi connectivity index (χ1v) is 3.76. The van der Waals surface area contributed by atoms with E-state index in [4.69, 9.17) is 11.5 Å². The van der Waals surface area contributed by atoms with E-state index in [1.165, 1.54) is 5.56 Å². The molecular weight excluding hydrogens is 136 g/mol. The van der Waals surface area contributed by atoms with Crippen LogP contribution in [0.1, 0.15) is 16.7 Å². The molecule has 0 spiro atoms. The van der Waals surface area contributed by atoms with Crippen LogP contribution in [0.4, 0.5) is 0 Å². The summed E-state index contributed by atoms with van der Waals surface area (Å²) in [6.07, 6.45) is 0. The third-order valence-corrected chi connectivity index (χ3v) is 1.67. The second kappa shape index (κ2) is 3.51. The third-order valence-electron chi connectivity index (χ3n) is 1.67. The van der Waals surface area contributed by atoms with Crippen LogP contribution < -0.4 is 11.5 Å². The van der Waals surface area contributed by atoms with Gasteiger partial charge in [-0.25, -0.2) is 0 Å². The molecule has 0 aliphatic carbocycles. The summed E-state index contributed by atoms with van der Waals surface area (Å²) in [5.41, 5.74) is 14.5. The van der Waals surface area contributed by atoms with E-state index in [0.29, 0.717) is 13.1 Å². The number of benzene rings is 1. The summed E-state index contributed by atoms with van der Waals surface area (Å²) in [4.78, 5) is 0. The lowest BCUT2D eigenvalue weighted by Gasteiger charge is -2.02. The van der Waals surface area contributed by atoms with Gasteiger partial charge in [0.1, 0.15) is 0 Å². The van der Waals surface area contributed by atoms with Crippen LogP contribution in [0.3, 0.4) is 0 Å². The summed E-state index contributed by atoms with van der Waals surface area (Å²) in [7, 11) is 0. The zero-order valence-electron chi connectivity index (χ0n) is 6.80. The Kier molecular flexibility index (Phi) is 2.63. The van der Waals surface area contributed by atoms with Crippen molar-refractivity contribution in [2.45, 2.75) is 20.0 Å². The highest BCUT2D eigenvalue weighted by molar-refractivity contribution is 5.29. The number of hydrogen-bond acceptors (Lipinski definition) is 2. The van der Waals surface area contributed by atoms with Gasteiger partial charge >= 0.3 is 0 Å². The van der Waals surface area contributed by atoms with E-state index >= 15 is 0 Å². The molecule has 0 saturated heterocycles. The van der Waals surface area contributed by atoms with Crippen LogP contribution in [-0.4, -0.2) is 0 Å². The Balaban J connectivity index is 3.02. The molecule has 1 aromatic rings. The topological polar surface area (TPSA) is 52.0 Å². The lowest BCUT2D eigenvalue weighted by molar-refractivity contribution is 1.02. The zero-order valence-corrected chi connectivity index (χ0v) is 6.80. The monoisotopic (exact) mass is 150 g/mol. The van der Waals surface area contributed by atoms with Gasteiger partial charge in [0, 0.05) is 13.1 Å². The van der Waals surface area contributed by atoms with Crippen LogP contribution >= 0.6 is 0 Å². The fourth-order valence-corrected chi connectivity index (χ4v) is 1.18. The fraction of sp³-hybridized carbons (Fsp3) is 0.333. The molecule has 0 amide bonds. The number of hydrogen-bond donors (Lipinski definition) is 2. The van der Waals surface area contributed by atoms with Gasteiger partial charge < -0.3 is 11.5 Å². The maximum absolute atomic E-state index is 5.50. The zero-order chi connectivity index (χ0) is 8.27. The maximum Gasteiger partial charge on any atom is 0.0178 e. The van der Waals surface area contributed by atoms with Gasteiger partial charge in [-0.1, -0.05) is 23.8 Å². The standard InChI is InChI=1S/C9H14N2/c1-7-2-8(5-10)4-9(3-7)6-11/h2-4H,5-6,10-11H2,1H3. The van der Waals surface area contributed by atoms with E-state index in [9.17, 15) is 0 Å². The Hall–Kier alpha value is -0.860. The predicted molar refractivity (Wildman–Crippen MR) is 47.0 cm³/mol. The van der Waals surface area contributed by atoms with E-state index in [-0.39, 0.29) is 0 Å². The van der Waals surface area contributed by atoms with Crippen LogP contribution in [0.15, 0.2) is 18.2 Å². The van der Waals surface area contributed by atoms with E-state index in [1.807, 2.05) is 6.07 Å². The molecule has 0 aliphatic heterocycles. The molecule has 0 radical (unpaired) electrons. The number of nitrogens with two attached hydrogens (primary N) is 2. The van der Waals surface area contributed by atoms with Gasteiger partial charge in [0.15, 0.2) is 0 Å². The highest BCUT2D eigenvalue weighted by Gasteiger charge is 1.94. The van der Waals surface area contributed by atoms with Crippen molar-refractivity contribution in [2.75, 3.05) is 0 Å². The SMILES string of the molecule is Cc1cc(CN)cc(CN)c1. The van der Waals surface area contributed by atoms with Crippen molar-refractivity contribution < 1.29 is 0 Å². The predicted octanol–water partition coefficient (Wildman–Crippen LogP) is 0.912. The van der Waals surface area contributed by atoms with Gasteiger partial charge in [0.05, 0.1) is 0 Å². The van der Waals surface area contributed by atoms with Crippen LogP contribution in [0, 0.1) is 6.92 Å². The molecule has 0 bridgehead atoms. The Morgan fingerprint density at radius 1 is 1.00 bits per heavy atom. The van der Waals surface area contributed by atoms with Crippen LogP contribution in [0.25, 0.3) is 0 Å². The average Bonchev–Trinajstić information content (AvgIpc) is 2.03. The van der Waals surface area contributed by atoms with Gasteiger partial charge in [-0.3, -0.25) is 0 Å². The molecule has 1 aromatic carbocycles. The Labute approximate surface area is 67.2 Å². The second-order valence-corrected chi connectivity index (χ2v) is 2.74. The number of rotatable bonds is 2. The van der Waals surface area contributed by atoms with Crippen molar-refractivity contribution in [1.82, 2.24) is 0 Å². The summed E-state index contributed by atoms with van der Waals surface area (Å²) in [6, 6.07) is 6.21. The second-order valence-electron chi connectivity index (χ2n) is 2.74. The van der Waals surface area contributed by atoms with Crippen molar-refractivity contribution in [3.05, 3.63) is 34.9 Å². The van der Waals surface area contributed by atoms with Gasteiger partial charge in [-0.15, -0.1) is 0 Å². The number of aryl methyl sites for hydroxylation is 1. The largest absolute Gasteiger partial charge is 0.326 e. The molecule has 0 unspecified atom stereocenters. The normalized spacial score (nSPS) is 10.1. The average molecular weight is 150 g/mol. The molecule has 0 aromatic heterocycles. The summed E-state index contributed by atoms with van der Waals surface area (Å²) in [5, 5.41) is 0. The lowest BCUT2D eigenvalue weighted by Crippen LogP contribution is -2.01. The summed E-state index contributed by atoms with van der Waals surface area (Å²) < 4.78 is 0. The molecule has 2 heteroatoms. The van der Waals surface area contributed by atoms with E-state index in [2.05, 4.69) is 19.1 Å². The minimum atomic E-state index is 0.592.